The summed E-state index contributed by atoms with van der Waals surface area (Å²) in [4.78, 5) is 54.7. The van der Waals surface area contributed by atoms with Crippen molar-refractivity contribution >= 4 is 23.4 Å². The number of carbonyl (C=O) groups is 4. The van der Waals surface area contributed by atoms with E-state index in [2.05, 4.69) is 10.6 Å². The van der Waals surface area contributed by atoms with E-state index in [1.54, 1.807) is 18.7 Å². The highest BCUT2D eigenvalue weighted by Crippen LogP contribution is 2.29. The van der Waals surface area contributed by atoms with E-state index >= 15 is 0 Å². The number of hydrogen-bond acceptors (Lipinski definition) is 5. The number of nitrogens with one attached hydrogen (secondary N) is 2. The first-order valence-electron chi connectivity index (χ1n) is 13.9. The molecule has 2 saturated heterocycles. The highest BCUT2D eigenvalue weighted by atomic mass is 16.2. The quantitative estimate of drug-likeness (QED) is 0.442. The Morgan fingerprint density at radius 2 is 1.76 bits per heavy atom. The summed E-state index contributed by atoms with van der Waals surface area (Å²) in [6.07, 6.45) is 4.14. The van der Waals surface area contributed by atoms with Gasteiger partial charge in [-0.25, -0.2) is 0 Å². The van der Waals surface area contributed by atoms with Gasteiger partial charge in [0.1, 0.15) is 0 Å². The first kappa shape index (κ1) is 29.0. The average Bonchev–Trinajstić information content (AvgIpc) is 3.55. The van der Waals surface area contributed by atoms with Crippen LogP contribution in [0.25, 0.3) is 0 Å². The molecule has 2 fully saturated rings. The van der Waals surface area contributed by atoms with Crippen LogP contribution < -0.4 is 10.6 Å². The van der Waals surface area contributed by atoms with Crippen molar-refractivity contribution in [3.8, 4) is 0 Å². The van der Waals surface area contributed by atoms with Crippen LogP contribution in [-0.2, 0) is 19.2 Å². The zero-order valence-corrected chi connectivity index (χ0v) is 23.2. The molecule has 204 valence electrons. The summed E-state index contributed by atoms with van der Waals surface area (Å²) in [6, 6.07) is 8.65. The number of ketones is 2. The van der Waals surface area contributed by atoms with Gasteiger partial charge in [-0.15, -0.1) is 0 Å². The molecule has 3 rings (SSSR count). The summed E-state index contributed by atoms with van der Waals surface area (Å²) in [5, 5.41) is 6.22. The second kappa shape index (κ2) is 12.8. The lowest BCUT2D eigenvalue weighted by atomic mass is 9.83. The largest absolute Gasteiger partial charge is 0.346 e. The Bertz CT molecular complexity index is 953. The van der Waals surface area contributed by atoms with Crippen molar-refractivity contribution in [1.29, 1.82) is 0 Å². The molecule has 2 N–H and O–H groups in total. The second-order valence-corrected chi connectivity index (χ2v) is 12.0. The van der Waals surface area contributed by atoms with Crippen molar-refractivity contribution in [1.82, 2.24) is 15.5 Å². The Morgan fingerprint density at radius 3 is 2.38 bits per heavy atom. The fourth-order valence-electron chi connectivity index (χ4n) is 5.53. The van der Waals surface area contributed by atoms with Gasteiger partial charge in [-0.05, 0) is 56.0 Å². The number of amides is 2. The standard InChI is InChI=1S/C30H45N3O4/c1-20(2)17-24(26(34)18-21(3)22-11-7-6-8-12-22)32-29(37)30(4,5)19-27(35)25-14-10-16-33(25)28(36)23-13-9-15-31-23/h6-8,11-12,20-21,23-25,31H,9-10,13-19H2,1-5H3,(H,32,37)/t21?,23-,24?,25?/m0/s1. The summed E-state index contributed by atoms with van der Waals surface area (Å²) in [7, 11) is 0. The third-order valence-corrected chi connectivity index (χ3v) is 7.77. The zero-order valence-electron chi connectivity index (χ0n) is 23.2. The van der Waals surface area contributed by atoms with Gasteiger partial charge in [0, 0.05) is 19.4 Å². The van der Waals surface area contributed by atoms with E-state index in [1.807, 2.05) is 51.1 Å². The molecule has 2 aliphatic rings. The molecule has 2 aliphatic heterocycles. The van der Waals surface area contributed by atoms with Gasteiger partial charge in [-0.1, -0.05) is 65.0 Å². The van der Waals surface area contributed by atoms with Gasteiger partial charge >= 0.3 is 0 Å². The van der Waals surface area contributed by atoms with Crippen LogP contribution in [0.15, 0.2) is 30.3 Å². The molecular weight excluding hydrogens is 466 g/mol. The lowest BCUT2D eigenvalue weighted by molar-refractivity contribution is -0.142. The number of likely N-dealkylation sites (tertiary alicyclic amines) is 1. The maximum absolute atomic E-state index is 13.4. The number of hydrogen-bond donors (Lipinski definition) is 2. The predicted molar refractivity (Wildman–Crippen MR) is 145 cm³/mol. The minimum absolute atomic E-state index is 0.00531. The number of carbonyl (C=O) groups excluding carboxylic acids is 4. The van der Waals surface area contributed by atoms with Crippen LogP contribution in [0.3, 0.4) is 0 Å². The highest BCUT2D eigenvalue weighted by molar-refractivity contribution is 5.96. The monoisotopic (exact) mass is 511 g/mol. The Balaban J connectivity index is 1.62. The van der Waals surface area contributed by atoms with Crippen molar-refractivity contribution in [2.45, 2.75) is 104 Å². The van der Waals surface area contributed by atoms with Crippen molar-refractivity contribution in [3.05, 3.63) is 35.9 Å². The molecule has 37 heavy (non-hydrogen) atoms. The zero-order chi connectivity index (χ0) is 27.2. The third kappa shape index (κ3) is 7.73. The first-order valence-corrected chi connectivity index (χ1v) is 13.9. The van der Waals surface area contributed by atoms with Crippen LogP contribution in [0.2, 0.25) is 0 Å². The lowest BCUT2D eigenvalue weighted by Crippen LogP contribution is -2.51. The van der Waals surface area contributed by atoms with Crippen LogP contribution in [0, 0.1) is 11.3 Å². The summed E-state index contributed by atoms with van der Waals surface area (Å²) in [6.45, 7) is 11.0. The molecule has 1 aromatic carbocycles. The van der Waals surface area contributed by atoms with Gasteiger partial charge in [0.05, 0.1) is 23.5 Å². The Kier molecular flexibility index (Phi) is 10.0. The molecule has 7 nitrogen and oxygen atoms in total. The molecule has 2 amide bonds. The van der Waals surface area contributed by atoms with Crippen molar-refractivity contribution in [3.63, 3.8) is 0 Å². The minimum atomic E-state index is -0.986. The molecule has 0 radical (unpaired) electrons. The van der Waals surface area contributed by atoms with E-state index in [0.717, 1.165) is 31.4 Å². The SMILES string of the molecule is CC(C)CC(NC(=O)C(C)(C)CC(=O)C1CCCN1C(=O)[C@@H]1CCCN1)C(=O)CC(C)c1ccccc1. The number of Topliss-reactive ketones (excluding diaryl/α,β-unsaturated/α-hetero) is 2. The molecule has 0 bridgehead atoms. The van der Waals surface area contributed by atoms with Crippen LogP contribution in [-0.4, -0.2) is 59.5 Å². The van der Waals surface area contributed by atoms with E-state index in [9.17, 15) is 19.2 Å². The molecule has 0 saturated carbocycles. The topological polar surface area (TPSA) is 95.6 Å². The van der Waals surface area contributed by atoms with E-state index < -0.39 is 17.5 Å². The third-order valence-electron chi connectivity index (χ3n) is 7.77. The summed E-state index contributed by atoms with van der Waals surface area (Å²) in [5.41, 5.74) is 0.112. The lowest BCUT2D eigenvalue weighted by Gasteiger charge is -2.31. The normalized spacial score (nSPS) is 21.6. The summed E-state index contributed by atoms with van der Waals surface area (Å²) < 4.78 is 0. The van der Waals surface area contributed by atoms with E-state index in [4.69, 9.17) is 0 Å². The minimum Gasteiger partial charge on any atom is -0.346 e. The molecule has 7 heteroatoms. The predicted octanol–water partition coefficient (Wildman–Crippen LogP) is 4.01. The van der Waals surface area contributed by atoms with E-state index in [1.165, 1.54) is 0 Å². The van der Waals surface area contributed by atoms with Crippen molar-refractivity contribution < 1.29 is 19.2 Å². The Labute approximate surface area is 222 Å². The van der Waals surface area contributed by atoms with E-state index in [-0.39, 0.29) is 47.7 Å². The van der Waals surface area contributed by atoms with Gasteiger partial charge in [-0.3, -0.25) is 19.2 Å². The highest BCUT2D eigenvalue weighted by Gasteiger charge is 2.41. The van der Waals surface area contributed by atoms with Gasteiger partial charge in [0.25, 0.3) is 0 Å². The fraction of sp³-hybridized carbons (Fsp3) is 0.667. The average molecular weight is 512 g/mol. The van der Waals surface area contributed by atoms with Crippen molar-refractivity contribution in [2.75, 3.05) is 13.1 Å². The number of rotatable bonds is 12. The number of nitrogens with zero attached hydrogens (tertiary/aromatic N) is 1. The van der Waals surface area contributed by atoms with Crippen LogP contribution >= 0.6 is 0 Å². The van der Waals surface area contributed by atoms with Crippen LogP contribution in [0.4, 0.5) is 0 Å². The smallest absolute Gasteiger partial charge is 0.240 e. The van der Waals surface area contributed by atoms with Crippen LogP contribution in [0.5, 0.6) is 0 Å². The van der Waals surface area contributed by atoms with Gasteiger partial charge < -0.3 is 15.5 Å². The molecule has 0 aliphatic carbocycles. The first-order chi connectivity index (χ1) is 17.5. The summed E-state index contributed by atoms with van der Waals surface area (Å²) in [5.74, 6) is -0.0692. The maximum atomic E-state index is 13.4. The molecule has 2 heterocycles. The van der Waals surface area contributed by atoms with E-state index in [0.29, 0.717) is 25.8 Å². The number of benzene rings is 1. The Morgan fingerprint density at radius 1 is 1.05 bits per heavy atom. The Hall–Kier alpha value is -2.54. The molecule has 4 atom stereocenters. The van der Waals surface area contributed by atoms with Gasteiger partial charge in [0.2, 0.25) is 11.8 Å². The molecule has 0 spiro atoms. The van der Waals surface area contributed by atoms with Gasteiger partial charge in [-0.2, -0.15) is 0 Å². The van der Waals surface area contributed by atoms with Gasteiger partial charge in [0.15, 0.2) is 11.6 Å². The molecule has 3 unspecified atom stereocenters. The molecule has 1 aromatic rings. The molecule has 0 aromatic heterocycles. The maximum Gasteiger partial charge on any atom is 0.240 e. The van der Waals surface area contributed by atoms with Crippen molar-refractivity contribution in [2.24, 2.45) is 11.3 Å². The van der Waals surface area contributed by atoms with Crippen LogP contribution in [0.1, 0.15) is 91.0 Å². The second-order valence-electron chi connectivity index (χ2n) is 12.0. The summed E-state index contributed by atoms with van der Waals surface area (Å²) >= 11 is 0. The molecular formula is C30H45N3O4. The fourth-order valence-corrected chi connectivity index (χ4v) is 5.53.